The van der Waals surface area contributed by atoms with Crippen molar-refractivity contribution < 1.29 is 24.2 Å². The van der Waals surface area contributed by atoms with Gasteiger partial charge in [0.2, 0.25) is 5.91 Å². The minimum atomic E-state index is -0.947. The van der Waals surface area contributed by atoms with Crippen LogP contribution in [0.4, 0.5) is 0 Å². The molecule has 0 aliphatic carbocycles. The van der Waals surface area contributed by atoms with Crippen LogP contribution in [0.15, 0.2) is 24.3 Å². The first-order valence-corrected chi connectivity index (χ1v) is 7.31. The number of carboxylic acid groups (broad SMARTS) is 1. The van der Waals surface area contributed by atoms with Crippen molar-refractivity contribution in [2.75, 3.05) is 33.4 Å². The summed E-state index contributed by atoms with van der Waals surface area (Å²) in [6.07, 6.45) is 0.344. The predicted molar refractivity (Wildman–Crippen MR) is 79.8 cm³/mol. The van der Waals surface area contributed by atoms with E-state index in [1.807, 2.05) is 12.1 Å². The van der Waals surface area contributed by atoms with Gasteiger partial charge >= 0.3 is 5.97 Å². The van der Waals surface area contributed by atoms with Crippen molar-refractivity contribution in [3.8, 4) is 5.75 Å². The lowest BCUT2D eigenvalue weighted by atomic mass is 9.95. The molecule has 2 rings (SSSR count). The Balaban J connectivity index is 1.96. The molecule has 1 aromatic rings. The van der Waals surface area contributed by atoms with E-state index in [0.29, 0.717) is 32.7 Å². The van der Waals surface area contributed by atoms with Crippen LogP contribution in [0, 0.1) is 5.92 Å². The first-order chi connectivity index (χ1) is 10.6. The van der Waals surface area contributed by atoms with Crippen molar-refractivity contribution in [3.05, 3.63) is 29.8 Å². The lowest BCUT2D eigenvalue weighted by Crippen LogP contribution is -2.42. The number of hydrogen-bond donors (Lipinski definition) is 1. The molecule has 1 aliphatic rings. The molecular weight excluding hydrogens is 286 g/mol. The van der Waals surface area contributed by atoms with Crippen LogP contribution in [-0.2, 0) is 20.7 Å². The molecule has 120 valence electrons. The van der Waals surface area contributed by atoms with Crippen LogP contribution in [0.25, 0.3) is 0 Å². The molecule has 0 spiro atoms. The van der Waals surface area contributed by atoms with Gasteiger partial charge < -0.3 is 19.5 Å². The van der Waals surface area contributed by atoms with E-state index in [9.17, 15) is 14.7 Å². The number of carbonyl (C=O) groups excluding carboxylic acids is 1. The molecule has 1 heterocycles. The smallest absolute Gasteiger partial charge is 0.307 e. The number of carboxylic acids is 1. The van der Waals surface area contributed by atoms with Gasteiger partial charge in [0.25, 0.3) is 0 Å². The summed E-state index contributed by atoms with van der Waals surface area (Å²) in [5.74, 6) is -1.06. The highest BCUT2D eigenvalue weighted by Crippen LogP contribution is 2.18. The van der Waals surface area contributed by atoms with E-state index in [2.05, 4.69) is 0 Å². The number of aliphatic carboxylic acids is 1. The van der Waals surface area contributed by atoms with E-state index in [0.717, 1.165) is 11.3 Å². The summed E-state index contributed by atoms with van der Waals surface area (Å²) in [5.41, 5.74) is 0.878. The topological polar surface area (TPSA) is 76.1 Å². The second-order valence-corrected chi connectivity index (χ2v) is 5.28. The van der Waals surface area contributed by atoms with Crippen LogP contribution in [0.2, 0.25) is 0 Å². The monoisotopic (exact) mass is 307 g/mol. The maximum Gasteiger partial charge on any atom is 0.307 e. The molecule has 1 saturated heterocycles. The van der Waals surface area contributed by atoms with Crippen LogP contribution in [-0.4, -0.2) is 55.3 Å². The molecule has 1 aromatic carbocycles. The van der Waals surface area contributed by atoms with E-state index in [1.165, 1.54) is 0 Å². The van der Waals surface area contributed by atoms with Gasteiger partial charge in [-0.3, -0.25) is 9.59 Å². The van der Waals surface area contributed by atoms with Crippen molar-refractivity contribution in [2.45, 2.75) is 12.8 Å². The molecule has 1 fully saturated rings. The van der Waals surface area contributed by atoms with Crippen LogP contribution in [0.1, 0.15) is 12.0 Å². The Morgan fingerprint density at radius 3 is 2.45 bits per heavy atom. The highest BCUT2D eigenvalue weighted by Gasteiger charge is 2.25. The largest absolute Gasteiger partial charge is 0.497 e. The number of methoxy groups -OCH3 is 1. The Kier molecular flexibility index (Phi) is 5.77. The third-order valence-corrected chi connectivity index (χ3v) is 3.78. The van der Waals surface area contributed by atoms with Gasteiger partial charge in [0.15, 0.2) is 0 Å². The lowest BCUT2D eigenvalue weighted by Gasteiger charge is -2.27. The summed E-state index contributed by atoms with van der Waals surface area (Å²) in [5, 5.41) is 9.36. The fourth-order valence-corrected chi connectivity index (χ4v) is 2.45. The second-order valence-electron chi connectivity index (χ2n) is 5.28. The summed E-state index contributed by atoms with van der Waals surface area (Å²) in [4.78, 5) is 25.3. The van der Waals surface area contributed by atoms with Gasteiger partial charge in [-0.05, 0) is 24.1 Å². The minimum absolute atomic E-state index is 0.0152. The van der Waals surface area contributed by atoms with Crippen LogP contribution in [0.5, 0.6) is 5.75 Å². The molecule has 6 heteroatoms. The first kappa shape index (κ1) is 16.3. The predicted octanol–water partition coefficient (Wildman–Crippen LogP) is 1.19. The second kappa shape index (κ2) is 7.79. The molecule has 22 heavy (non-hydrogen) atoms. The molecule has 0 unspecified atom stereocenters. The SMILES string of the molecule is COc1ccc(C[C@H](CC(=O)N2CCOCC2)C(=O)O)cc1. The summed E-state index contributed by atoms with van der Waals surface area (Å²) in [6, 6.07) is 7.23. The number of benzene rings is 1. The third-order valence-electron chi connectivity index (χ3n) is 3.78. The van der Waals surface area contributed by atoms with Gasteiger partial charge in [-0.15, -0.1) is 0 Å². The zero-order valence-corrected chi connectivity index (χ0v) is 12.7. The molecule has 6 nitrogen and oxygen atoms in total. The summed E-state index contributed by atoms with van der Waals surface area (Å²) < 4.78 is 10.3. The van der Waals surface area contributed by atoms with Gasteiger partial charge in [0.1, 0.15) is 5.75 Å². The Hall–Kier alpha value is -2.08. The van der Waals surface area contributed by atoms with E-state index >= 15 is 0 Å². The molecule has 1 aliphatic heterocycles. The van der Waals surface area contributed by atoms with Gasteiger partial charge in [0.05, 0.1) is 26.2 Å². The normalized spacial score (nSPS) is 16.1. The number of morpholine rings is 1. The number of ether oxygens (including phenoxy) is 2. The fraction of sp³-hybridized carbons (Fsp3) is 0.500. The molecule has 0 bridgehead atoms. The van der Waals surface area contributed by atoms with Crippen molar-refractivity contribution in [1.82, 2.24) is 4.90 Å². The highest BCUT2D eigenvalue weighted by atomic mass is 16.5. The van der Waals surface area contributed by atoms with Crippen LogP contribution < -0.4 is 4.74 Å². The van der Waals surface area contributed by atoms with E-state index < -0.39 is 11.9 Å². The standard InChI is InChI=1S/C16H21NO5/c1-21-14-4-2-12(3-5-14)10-13(16(19)20)11-15(18)17-6-8-22-9-7-17/h2-5,13H,6-11H2,1H3,(H,19,20)/t13-/m1/s1. The average Bonchev–Trinajstić information content (AvgIpc) is 2.55. The van der Waals surface area contributed by atoms with Gasteiger partial charge in [0, 0.05) is 19.5 Å². The summed E-state index contributed by atoms with van der Waals surface area (Å²) in [6.45, 7) is 2.10. The van der Waals surface area contributed by atoms with E-state index in [-0.39, 0.29) is 12.3 Å². The van der Waals surface area contributed by atoms with Crippen molar-refractivity contribution in [1.29, 1.82) is 0 Å². The number of hydrogen-bond acceptors (Lipinski definition) is 4. The molecule has 1 atom stereocenters. The number of carbonyl (C=O) groups is 2. The van der Waals surface area contributed by atoms with Crippen molar-refractivity contribution in [3.63, 3.8) is 0 Å². The van der Waals surface area contributed by atoms with E-state index in [4.69, 9.17) is 9.47 Å². The first-order valence-electron chi connectivity index (χ1n) is 7.31. The molecule has 0 aromatic heterocycles. The van der Waals surface area contributed by atoms with Gasteiger partial charge in [-0.1, -0.05) is 12.1 Å². The quantitative estimate of drug-likeness (QED) is 0.854. The van der Waals surface area contributed by atoms with Crippen LogP contribution in [0.3, 0.4) is 0 Å². The molecule has 1 amide bonds. The van der Waals surface area contributed by atoms with Crippen molar-refractivity contribution in [2.24, 2.45) is 5.92 Å². The summed E-state index contributed by atoms with van der Waals surface area (Å²) in [7, 11) is 1.58. The highest BCUT2D eigenvalue weighted by molar-refractivity contribution is 5.82. The number of rotatable bonds is 6. The van der Waals surface area contributed by atoms with Gasteiger partial charge in [-0.25, -0.2) is 0 Å². The Labute approximate surface area is 129 Å². The lowest BCUT2D eigenvalue weighted by molar-refractivity contribution is -0.147. The zero-order chi connectivity index (χ0) is 15.9. The summed E-state index contributed by atoms with van der Waals surface area (Å²) >= 11 is 0. The zero-order valence-electron chi connectivity index (χ0n) is 12.7. The molecule has 0 radical (unpaired) electrons. The van der Waals surface area contributed by atoms with Crippen molar-refractivity contribution >= 4 is 11.9 Å². The molecular formula is C16H21NO5. The number of amides is 1. The van der Waals surface area contributed by atoms with Gasteiger partial charge in [-0.2, -0.15) is 0 Å². The Morgan fingerprint density at radius 1 is 1.27 bits per heavy atom. The minimum Gasteiger partial charge on any atom is -0.497 e. The van der Waals surface area contributed by atoms with E-state index in [1.54, 1.807) is 24.1 Å². The third kappa shape index (κ3) is 4.46. The molecule has 1 N–H and O–H groups in total. The van der Waals surface area contributed by atoms with Crippen LogP contribution >= 0.6 is 0 Å². The average molecular weight is 307 g/mol. The number of nitrogens with zero attached hydrogens (tertiary/aromatic N) is 1. The maximum atomic E-state index is 12.2. The maximum absolute atomic E-state index is 12.2. The Morgan fingerprint density at radius 2 is 1.91 bits per heavy atom. The fourth-order valence-electron chi connectivity index (χ4n) is 2.45. The molecule has 0 saturated carbocycles. The Bertz CT molecular complexity index is 508.